The molecule has 0 bridgehead atoms. The first-order chi connectivity index (χ1) is 9.65. The topological polar surface area (TPSA) is 70.8 Å². The fourth-order valence-corrected chi connectivity index (χ4v) is 2.67. The van der Waals surface area contributed by atoms with E-state index in [1.165, 1.54) is 0 Å². The molecule has 0 aliphatic carbocycles. The van der Waals surface area contributed by atoms with Crippen LogP contribution in [0.3, 0.4) is 0 Å². The van der Waals surface area contributed by atoms with Crippen molar-refractivity contribution in [2.45, 2.75) is 18.9 Å². The maximum atomic E-state index is 14.0. The number of halogens is 2. The van der Waals surface area contributed by atoms with Crippen LogP contribution in [0.4, 0.5) is 10.3 Å². The molecule has 1 aromatic heterocycles. The molecule has 1 aliphatic heterocycles. The minimum absolute atomic E-state index is 0.257. The second-order valence-electron chi connectivity index (χ2n) is 4.91. The van der Waals surface area contributed by atoms with Crippen molar-refractivity contribution < 1.29 is 4.39 Å². The third-order valence-corrected chi connectivity index (χ3v) is 4.12. The maximum absolute atomic E-state index is 14.0. The van der Waals surface area contributed by atoms with Gasteiger partial charge < -0.3 is 10.6 Å². The lowest BCUT2D eigenvalue weighted by Gasteiger charge is -2.28. The Balaban J connectivity index is 1.85. The summed E-state index contributed by atoms with van der Waals surface area (Å²) in [6.07, 6.45) is 1.85. The third-order valence-electron chi connectivity index (χ3n) is 3.50. The molecule has 2 heterocycles. The Morgan fingerprint density at radius 2 is 2.10 bits per heavy atom. The normalized spacial score (nSPS) is 16.6. The summed E-state index contributed by atoms with van der Waals surface area (Å²) in [5.41, 5.74) is 6.29. The van der Waals surface area contributed by atoms with E-state index in [9.17, 15) is 4.39 Å². The number of hydrogen-bond acceptors (Lipinski definition) is 4. The van der Waals surface area contributed by atoms with Gasteiger partial charge in [-0.15, -0.1) is 5.10 Å². The van der Waals surface area contributed by atoms with Gasteiger partial charge >= 0.3 is 0 Å². The zero-order valence-electron chi connectivity index (χ0n) is 10.8. The molecule has 0 spiro atoms. The molecule has 0 saturated carbocycles. The third kappa shape index (κ3) is 2.55. The van der Waals surface area contributed by atoms with Crippen molar-refractivity contribution in [3.8, 4) is 11.4 Å². The van der Waals surface area contributed by atoms with Gasteiger partial charge in [-0.1, -0.05) is 6.07 Å². The Morgan fingerprint density at radius 1 is 1.35 bits per heavy atom. The summed E-state index contributed by atoms with van der Waals surface area (Å²) in [6.45, 7) is 1.67. The molecule has 7 heteroatoms. The average molecular weight is 340 g/mol. The molecule has 20 heavy (non-hydrogen) atoms. The van der Waals surface area contributed by atoms with Crippen LogP contribution in [0.5, 0.6) is 0 Å². The lowest BCUT2D eigenvalue weighted by molar-refractivity contribution is 0.496. The highest BCUT2D eigenvalue weighted by atomic mass is 79.9. The number of nitrogens with one attached hydrogen (secondary N) is 1. The van der Waals surface area contributed by atoms with E-state index >= 15 is 0 Å². The Morgan fingerprint density at radius 3 is 2.85 bits per heavy atom. The molecule has 1 fully saturated rings. The zero-order chi connectivity index (χ0) is 14.1. The van der Waals surface area contributed by atoms with Gasteiger partial charge in [0.2, 0.25) is 5.95 Å². The molecule has 1 aromatic carbocycles. The van der Waals surface area contributed by atoms with Crippen LogP contribution < -0.4 is 10.6 Å². The zero-order valence-corrected chi connectivity index (χ0v) is 12.4. The van der Waals surface area contributed by atoms with Crippen LogP contribution in [-0.2, 0) is 0 Å². The fourth-order valence-electron chi connectivity index (χ4n) is 2.30. The van der Waals surface area contributed by atoms with Gasteiger partial charge in [-0.2, -0.15) is 4.98 Å². The highest BCUT2D eigenvalue weighted by Crippen LogP contribution is 2.26. The van der Waals surface area contributed by atoms with Crippen LogP contribution in [-0.4, -0.2) is 34.3 Å². The van der Waals surface area contributed by atoms with Gasteiger partial charge in [0, 0.05) is 19.1 Å². The highest BCUT2D eigenvalue weighted by molar-refractivity contribution is 9.10. The van der Waals surface area contributed by atoms with Gasteiger partial charge in [0.05, 0.1) is 10.0 Å². The minimum Gasteiger partial charge on any atom is -0.339 e. The van der Waals surface area contributed by atoms with E-state index in [1.807, 2.05) is 0 Å². The summed E-state index contributed by atoms with van der Waals surface area (Å²) in [7, 11) is 0. The molecule has 3 rings (SSSR count). The quantitative estimate of drug-likeness (QED) is 0.880. The van der Waals surface area contributed by atoms with Crippen LogP contribution in [0.2, 0.25) is 0 Å². The molecule has 1 saturated heterocycles. The van der Waals surface area contributed by atoms with Gasteiger partial charge in [0.1, 0.15) is 5.82 Å². The first-order valence-electron chi connectivity index (χ1n) is 6.52. The summed E-state index contributed by atoms with van der Waals surface area (Å²) in [5.74, 6) is 0.704. The number of nitrogens with zero attached hydrogens (tertiary/aromatic N) is 3. The Bertz CT molecular complexity index is 607. The molecule has 0 amide bonds. The number of benzene rings is 1. The molecule has 5 nitrogen and oxygen atoms in total. The summed E-state index contributed by atoms with van der Waals surface area (Å²) >= 11 is 3.17. The number of aromatic amines is 1. The van der Waals surface area contributed by atoms with Crippen molar-refractivity contribution in [1.82, 2.24) is 15.2 Å². The molecular formula is C13H15BrFN5. The number of hydrogen-bond donors (Lipinski definition) is 2. The largest absolute Gasteiger partial charge is 0.339 e. The van der Waals surface area contributed by atoms with Crippen LogP contribution in [0.15, 0.2) is 22.7 Å². The van der Waals surface area contributed by atoms with E-state index in [-0.39, 0.29) is 11.9 Å². The molecule has 106 valence electrons. The van der Waals surface area contributed by atoms with Gasteiger partial charge in [0.15, 0.2) is 5.82 Å². The van der Waals surface area contributed by atoms with E-state index in [0.717, 1.165) is 25.9 Å². The molecule has 2 aromatic rings. The van der Waals surface area contributed by atoms with Crippen LogP contribution >= 0.6 is 15.9 Å². The smallest absolute Gasteiger partial charge is 0.245 e. The highest BCUT2D eigenvalue weighted by Gasteiger charge is 2.20. The lowest BCUT2D eigenvalue weighted by Crippen LogP contribution is -2.40. The van der Waals surface area contributed by atoms with Crippen molar-refractivity contribution in [3.05, 3.63) is 28.5 Å². The number of piperidine rings is 1. The van der Waals surface area contributed by atoms with Crippen molar-refractivity contribution in [2.75, 3.05) is 18.0 Å². The van der Waals surface area contributed by atoms with Crippen molar-refractivity contribution in [1.29, 1.82) is 0 Å². The number of rotatable bonds is 2. The summed E-state index contributed by atoms with van der Waals surface area (Å²) in [4.78, 5) is 6.46. The monoisotopic (exact) mass is 339 g/mol. The first-order valence-corrected chi connectivity index (χ1v) is 7.32. The number of anilines is 1. The average Bonchev–Trinajstić information content (AvgIpc) is 2.92. The molecule has 1 aliphatic rings. The first kappa shape index (κ1) is 13.5. The number of nitrogens with two attached hydrogens (primary N) is 1. The van der Waals surface area contributed by atoms with Crippen molar-refractivity contribution in [3.63, 3.8) is 0 Å². The lowest BCUT2D eigenvalue weighted by atomic mass is 10.1. The summed E-state index contributed by atoms with van der Waals surface area (Å²) < 4.78 is 14.4. The van der Waals surface area contributed by atoms with E-state index < -0.39 is 0 Å². The molecular weight excluding hydrogens is 325 g/mol. The van der Waals surface area contributed by atoms with E-state index in [4.69, 9.17) is 5.73 Å². The SMILES string of the molecule is NC1CCN(c2n[nH]c(-c3cccc(Br)c3F)n2)CC1. The standard InChI is InChI=1S/C13H15BrFN5/c14-10-3-1-2-9(11(10)15)12-17-13(19-18-12)20-6-4-8(16)5-7-20/h1-3,8H,4-7,16H2,(H,17,18,19). The van der Waals surface area contributed by atoms with Crippen molar-refractivity contribution >= 4 is 21.9 Å². The van der Waals surface area contributed by atoms with Crippen LogP contribution in [0.1, 0.15) is 12.8 Å². The van der Waals surface area contributed by atoms with Gasteiger partial charge in [-0.3, -0.25) is 5.10 Å². The number of H-pyrrole nitrogens is 1. The number of aromatic nitrogens is 3. The van der Waals surface area contributed by atoms with Gasteiger partial charge in [0.25, 0.3) is 0 Å². The fraction of sp³-hybridized carbons (Fsp3) is 0.385. The van der Waals surface area contributed by atoms with E-state index in [2.05, 4.69) is 36.0 Å². The predicted molar refractivity (Wildman–Crippen MR) is 78.9 cm³/mol. The minimum atomic E-state index is -0.337. The molecule has 0 unspecified atom stereocenters. The van der Waals surface area contributed by atoms with Crippen molar-refractivity contribution in [2.24, 2.45) is 5.73 Å². The summed E-state index contributed by atoms with van der Waals surface area (Å²) in [6, 6.07) is 5.36. The molecule has 3 N–H and O–H groups in total. The Labute approximate surface area is 124 Å². The van der Waals surface area contributed by atoms with Crippen LogP contribution in [0, 0.1) is 5.82 Å². The van der Waals surface area contributed by atoms with E-state index in [1.54, 1.807) is 18.2 Å². The van der Waals surface area contributed by atoms with Gasteiger partial charge in [-0.25, -0.2) is 4.39 Å². The second-order valence-corrected chi connectivity index (χ2v) is 5.76. The van der Waals surface area contributed by atoms with Gasteiger partial charge in [-0.05, 0) is 40.9 Å². The predicted octanol–water partition coefficient (Wildman–Crippen LogP) is 2.30. The Kier molecular flexibility index (Phi) is 3.71. The molecule has 0 atom stereocenters. The Hall–Kier alpha value is -1.47. The maximum Gasteiger partial charge on any atom is 0.245 e. The summed E-state index contributed by atoms with van der Waals surface area (Å²) in [5, 5.41) is 6.98. The van der Waals surface area contributed by atoms with Crippen LogP contribution in [0.25, 0.3) is 11.4 Å². The van der Waals surface area contributed by atoms with E-state index in [0.29, 0.717) is 21.8 Å². The second kappa shape index (κ2) is 5.49. The molecule has 0 radical (unpaired) electrons.